The second-order valence-corrected chi connectivity index (χ2v) is 7.63. The fraction of sp³-hybridized carbons (Fsp3) is 0.391. The van der Waals surface area contributed by atoms with Crippen molar-refractivity contribution in [3.8, 4) is 0 Å². The molecule has 2 aliphatic rings. The Hall–Kier alpha value is -2.66. The second kappa shape index (κ2) is 8.15. The third kappa shape index (κ3) is 3.67. The van der Waals surface area contributed by atoms with Crippen LogP contribution in [-0.4, -0.2) is 35.7 Å². The summed E-state index contributed by atoms with van der Waals surface area (Å²) in [7, 11) is 0. The van der Waals surface area contributed by atoms with Crippen molar-refractivity contribution < 1.29 is 19.4 Å². The van der Waals surface area contributed by atoms with E-state index >= 15 is 0 Å². The summed E-state index contributed by atoms with van der Waals surface area (Å²) < 4.78 is 5.70. The monoisotopic (exact) mass is 379 g/mol. The lowest BCUT2D eigenvalue weighted by atomic mass is 9.78. The van der Waals surface area contributed by atoms with Gasteiger partial charge in [-0.1, -0.05) is 60.7 Å². The van der Waals surface area contributed by atoms with Crippen molar-refractivity contribution in [2.75, 3.05) is 6.54 Å². The van der Waals surface area contributed by atoms with Gasteiger partial charge in [0.25, 0.3) is 0 Å². The number of aliphatic carboxylic acids is 1. The number of amides is 1. The zero-order chi connectivity index (χ0) is 19.5. The van der Waals surface area contributed by atoms with Crippen molar-refractivity contribution in [1.82, 2.24) is 5.32 Å². The van der Waals surface area contributed by atoms with E-state index in [4.69, 9.17) is 4.74 Å². The summed E-state index contributed by atoms with van der Waals surface area (Å²) in [5, 5.41) is 12.5. The minimum atomic E-state index is -0.932. The molecule has 2 aromatic rings. The van der Waals surface area contributed by atoms with Crippen molar-refractivity contribution in [2.24, 2.45) is 11.8 Å². The Labute approximate surface area is 164 Å². The Bertz CT molecular complexity index is 784. The van der Waals surface area contributed by atoms with Crippen LogP contribution in [0.2, 0.25) is 0 Å². The highest BCUT2D eigenvalue weighted by Crippen LogP contribution is 2.43. The first-order chi connectivity index (χ1) is 13.6. The van der Waals surface area contributed by atoms with Crippen LogP contribution in [-0.2, 0) is 14.3 Å². The number of fused-ring (bicyclic) bond motifs is 2. The summed E-state index contributed by atoms with van der Waals surface area (Å²) in [4.78, 5) is 24.3. The third-order valence-corrected chi connectivity index (χ3v) is 6.00. The summed E-state index contributed by atoms with van der Waals surface area (Å²) in [6.45, 7) is 0.494. The zero-order valence-corrected chi connectivity index (χ0v) is 15.7. The summed E-state index contributed by atoms with van der Waals surface area (Å²) in [5.74, 6) is -2.26. The molecule has 1 amide bonds. The molecule has 2 aromatic carbocycles. The van der Waals surface area contributed by atoms with Crippen LogP contribution in [0.1, 0.15) is 36.3 Å². The molecule has 0 saturated carbocycles. The number of rotatable bonds is 7. The van der Waals surface area contributed by atoms with Crippen molar-refractivity contribution >= 4 is 11.9 Å². The molecule has 2 heterocycles. The van der Waals surface area contributed by atoms with Crippen LogP contribution >= 0.6 is 0 Å². The van der Waals surface area contributed by atoms with E-state index in [9.17, 15) is 14.7 Å². The first-order valence-corrected chi connectivity index (χ1v) is 9.91. The van der Waals surface area contributed by atoms with Gasteiger partial charge in [-0.2, -0.15) is 0 Å². The zero-order valence-electron chi connectivity index (χ0n) is 15.7. The lowest BCUT2D eigenvalue weighted by Gasteiger charge is -2.24. The van der Waals surface area contributed by atoms with Crippen molar-refractivity contribution in [3.05, 3.63) is 71.8 Å². The SMILES string of the molecule is O=C(O)[C@@H]1[C@H](C(=O)NCCC(c2ccccc2)c2ccccc2)[C@H]2CC[C@H]1O2. The van der Waals surface area contributed by atoms with Gasteiger partial charge in [0, 0.05) is 12.5 Å². The number of hydrogen-bond acceptors (Lipinski definition) is 3. The van der Waals surface area contributed by atoms with E-state index in [2.05, 4.69) is 29.6 Å². The predicted octanol–water partition coefficient (Wildman–Crippen LogP) is 3.20. The molecule has 0 radical (unpaired) electrons. The summed E-state index contributed by atoms with van der Waals surface area (Å²) in [6, 6.07) is 20.5. The van der Waals surface area contributed by atoms with Crippen LogP contribution in [0, 0.1) is 11.8 Å². The number of nitrogens with one attached hydrogen (secondary N) is 1. The summed E-state index contributed by atoms with van der Waals surface area (Å²) in [6.07, 6.45) is 1.67. The van der Waals surface area contributed by atoms with Gasteiger partial charge in [0.2, 0.25) is 5.91 Å². The van der Waals surface area contributed by atoms with E-state index < -0.39 is 17.8 Å². The lowest BCUT2D eigenvalue weighted by molar-refractivity contribution is -0.147. The highest BCUT2D eigenvalue weighted by molar-refractivity contribution is 5.86. The molecule has 2 fully saturated rings. The topological polar surface area (TPSA) is 75.6 Å². The maximum Gasteiger partial charge on any atom is 0.310 e. The highest BCUT2D eigenvalue weighted by atomic mass is 16.5. The smallest absolute Gasteiger partial charge is 0.310 e. The third-order valence-electron chi connectivity index (χ3n) is 6.00. The summed E-state index contributed by atoms with van der Waals surface area (Å²) >= 11 is 0. The van der Waals surface area contributed by atoms with Gasteiger partial charge >= 0.3 is 5.97 Å². The molecule has 0 spiro atoms. The molecule has 146 valence electrons. The maximum atomic E-state index is 12.8. The molecule has 0 aliphatic carbocycles. The predicted molar refractivity (Wildman–Crippen MR) is 105 cm³/mol. The molecule has 2 aliphatic heterocycles. The Balaban J connectivity index is 1.42. The first kappa shape index (κ1) is 18.7. The van der Waals surface area contributed by atoms with Gasteiger partial charge in [-0.3, -0.25) is 9.59 Å². The quantitative estimate of drug-likeness (QED) is 0.775. The van der Waals surface area contributed by atoms with Crippen LogP contribution in [0.25, 0.3) is 0 Å². The van der Waals surface area contributed by atoms with Crippen LogP contribution in [0.15, 0.2) is 60.7 Å². The summed E-state index contributed by atoms with van der Waals surface area (Å²) in [5.41, 5.74) is 2.41. The fourth-order valence-electron chi connectivity index (χ4n) is 4.68. The Morgan fingerprint density at radius 1 is 0.929 bits per heavy atom. The fourth-order valence-corrected chi connectivity index (χ4v) is 4.68. The molecule has 5 heteroatoms. The molecular weight excluding hydrogens is 354 g/mol. The Morgan fingerprint density at radius 3 is 2.00 bits per heavy atom. The van der Waals surface area contributed by atoms with Gasteiger partial charge in [-0.15, -0.1) is 0 Å². The lowest BCUT2D eigenvalue weighted by Crippen LogP contribution is -2.44. The first-order valence-electron chi connectivity index (χ1n) is 9.91. The number of ether oxygens (including phenoxy) is 1. The van der Waals surface area contributed by atoms with Crippen LogP contribution < -0.4 is 5.32 Å². The van der Waals surface area contributed by atoms with Crippen LogP contribution in [0.5, 0.6) is 0 Å². The van der Waals surface area contributed by atoms with Gasteiger partial charge in [0.1, 0.15) is 0 Å². The van der Waals surface area contributed by atoms with Crippen molar-refractivity contribution in [3.63, 3.8) is 0 Å². The van der Waals surface area contributed by atoms with E-state index in [0.29, 0.717) is 6.54 Å². The van der Waals surface area contributed by atoms with E-state index in [0.717, 1.165) is 19.3 Å². The molecule has 28 heavy (non-hydrogen) atoms. The van der Waals surface area contributed by atoms with E-state index in [-0.39, 0.29) is 24.0 Å². The number of carbonyl (C=O) groups is 2. The molecule has 2 saturated heterocycles. The molecule has 0 unspecified atom stereocenters. The van der Waals surface area contributed by atoms with Crippen LogP contribution in [0.4, 0.5) is 0 Å². The molecule has 4 rings (SSSR count). The van der Waals surface area contributed by atoms with E-state index in [1.165, 1.54) is 11.1 Å². The number of carboxylic acids is 1. The number of carbonyl (C=O) groups excluding carboxylic acids is 1. The van der Waals surface area contributed by atoms with E-state index in [1.54, 1.807) is 0 Å². The Morgan fingerprint density at radius 2 is 1.46 bits per heavy atom. The van der Waals surface area contributed by atoms with Crippen molar-refractivity contribution in [2.45, 2.75) is 37.4 Å². The van der Waals surface area contributed by atoms with E-state index in [1.807, 2.05) is 36.4 Å². The molecule has 5 nitrogen and oxygen atoms in total. The molecule has 2 bridgehead atoms. The average Bonchev–Trinajstić information content (AvgIpc) is 3.34. The van der Waals surface area contributed by atoms with Gasteiger partial charge in [-0.25, -0.2) is 0 Å². The minimum Gasteiger partial charge on any atom is -0.481 e. The van der Waals surface area contributed by atoms with Gasteiger partial charge in [0.05, 0.1) is 24.0 Å². The standard InChI is InChI=1S/C23H25NO4/c25-22(20-18-11-12-19(28-18)21(20)23(26)27)24-14-13-17(15-7-3-1-4-8-15)16-9-5-2-6-10-16/h1-10,17-21H,11-14H2,(H,24,25)(H,26,27)/t18-,19-,20-,21+/m1/s1. The molecular formula is C23H25NO4. The van der Waals surface area contributed by atoms with Gasteiger partial charge in [0.15, 0.2) is 0 Å². The van der Waals surface area contributed by atoms with Crippen molar-refractivity contribution in [1.29, 1.82) is 0 Å². The molecule has 0 aromatic heterocycles. The number of benzene rings is 2. The number of carboxylic acid groups (broad SMARTS) is 1. The normalized spacial score (nSPS) is 25.8. The maximum absolute atomic E-state index is 12.8. The van der Waals surface area contributed by atoms with Gasteiger partial charge in [-0.05, 0) is 30.4 Å². The molecule has 2 N–H and O–H groups in total. The average molecular weight is 379 g/mol. The Kier molecular flexibility index (Phi) is 5.44. The van der Waals surface area contributed by atoms with Crippen LogP contribution in [0.3, 0.4) is 0 Å². The minimum absolute atomic E-state index is 0.175. The molecule has 4 atom stereocenters. The second-order valence-electron chi connectivity index (χ2n) is 7.63. The highest BCUT2D eigenvalue weighted by Gasteiger charge is 2.55. The largest absolute Gasteiger partial charge is 0.481 e. The van der Waals surface area contributed by atoms with Gasteiger partial charge < -0.3 is 15.2 Å². The number of hydrogen-bond donors (Lipinski definition) is 2.